The molecule has 0 bridgehead atoms. The van der Waals surface area contributed by atoms with Crippen LogP contribution in [-0.4, -0.2) is 11.0 Å². The Morgan fingerprint density at radius 3 is 3.06 bits per heavy atom. The largest absolute Gasteiger partial charge is 0.333 e. The summed E-state index contributed by atoms with van der Waals surface area (Å²) in [4.78, 5) is 16.7. The molecule has 0 saturated heterocycles. The van der Waals surface area contributed by atoms with Crippen molar-refractivity contribution in [1.82, 2.24) is 10.3 Å². The molecule has 88 valence electrons. The average Bonchev–Trinajstić information content (AvgIpc) is 2.79. The molecule has 17 heavy (non-hydrogen) atoms. The van der Waals surface area contributed by atoms with E-state index in [2.05, 4.69) is 31.5 Å². The van der Waals surface area contributed by atoms with E-state index in [9.17, 15) is 4.79 Å². The molecule has 2 aromatic heterocycles. The van der Waals surface area contributed by atoms with Gasteiger partial charge in [-0.2, -0.15) is 0 Å². The fourth-order valence-corrected chi connectivity index (χ4v) is 2.19. The minimum absolute atomic E-state index is 0.260. The number of hydrogen-bond donors (Lipinski definition) is 2. The molecule has 0 unspecified atom stereocenters. The second-order valence-electron chi connectivity index (χ2n) is 3.25. The maximum Gasteiger partial charge on any atom is 0.320 e. The number of thiophene rings is 1. The molecule has 0 atom stereocenters. The summed E-state index contributed by atoms with van der Waals surface area (Å²) < 4.78 is 0.876. The van der Waals surface area contributed by atoms with Gasteiger partial charge in [-0.3, -0.25) is 5.32 Å². The molecule has 2 heterocycles. The van der Waals surface area contributed by atoms with E-state index in [0.717, 1.165) is 9.35 Å². The molecule has 6 heteroatoms. The fraction of sp³-hybridized carbons (Fsp3) is 0.0909. The predicted octanol–water partition coefficient (Wildman–Crippen LogP) is 3.23. The lowest BCUT2D eigenvalue weighted by Crippen LogP contribution is -2.28. The summed E-state index contributed by atoms with van der Waals surface area (Å²) in [6.07, 6.45) is 1.62. The molecule has 0 aliphatic heterocycles. The minimum Gasteiger partial charge on any atom is -0.333 e. The highest BCUT2D eigenvalue weighted by Gasteiger charge is 2.03. The summed E-state index contributed by atoms with van der Waals surface area (Å²) in [6.45, 7) is 0.525. The molecular weight excluding hydrogens is 302 g/mol. The maximum absolute atomic E-state index is 11.5. The summed E-state index contributed by atoms with van der Waals surface area (Å²) in [6, 6.07) is 7.21. The highest BCUT2D eigenvalue weighted by Crippen LogP contribution is 2.12. The zero-order chi connectivity index (χ0) is 12.1. The van der Waals surface area contributed by atoms with E-state index >= 15 is 0 Å². The van der Waals surface area contributed by atoms with Crippen LogP contribution in [0.3, 0.4) is 0 Å². The van der Waals surface area contributed by atoms with Gasteiger partial charge in [-0.1, -0.05) is 22.0 Å². The number of pyridine rings is 1. The first-order valence-corrected chi connectivity index (χ1v) is 6.60. The van der Waals surface area contributed by atoms with Crippen LogP contribution in [-0.2, 0) is 6.54 Å². The molecule has 0 saturated carbocycles. The topological polar surface area (TPSA) is 54.0 Å². The Morgan fingerprint density at radius 2 is 2.35 bits per heavy atom. The minimum atomic E-state index is -0.260. The van der Waals surface area contributed by atoms with E-state index in [0.29, 0.717) is 12.4 Å². The summed E-state index contributed by atoms with van der Waals surface area (Å²) >= 11 is 4.92. The van der Waals surface area contributed by atoms with Crippen molar-refractivity contribution in [2.24, 2.45) is 0 Å². The first kappa shape index (κ1) is 12.1. The summed E-state index contributed by atoms with van der Waals surface area (Å²) in [7, 11) is 0. The first-order valence-electron chi connectivity index (χ1n) is 4.93. The normalized spacial score (nSPS) is 9.94. The Balaban J connectivity index is 1.85. The van der Waals surface area contributed by atoms with E-state index < -0.39 is 0 Å². The maximum atomic E-state index is 11.5. The lowest BCUT2D eigenvalue weighted by atomic mass is 10.4. The highest BCUT2D eigenvalue weighted by molar-refractivity contribution is 9.10. The number of anilines is 1. The van der Waals surface area contributed by atoms with Crippen LogP contribution in [0.2, 0.25) is 0 Å². The standard InChI is InChI=1S/C11H10BrN3OS/c12-8-3-4-13-10(6-8)15-11(16)14-7-9-2-1-5-17-9/h1-6H,7H2,(H2,13,14,15,16). The Hall–Kier alpha value is -1.40. The molecule has 2 amide bonds. The third kappa shape index (κ3) is 3.83. The predicted molar refractivity (Wildman–Crippen MR) is 72.1 cm³/mol. The number of urea groups is 1. The summed E-state index contributed by atoms with van der Waals surface area (Å²) in [5.74, 6) is 0.517. The average molecular weight is 312 g/mol. The number of aromatic nitrogens is 1. The Bertz CT molecular complexity index is 501. The van der Waals surface area contributed by atoms with Crippen molar-refractivity contribution in [2.75, 3.05) is 5.32 Å². The third-order valence-electron chi connectivity index (χ3n) is 1.97. The van der Waals surface area contributed by atoms with Crippen LogP contribution >= 0.6 is 27.3 Å². The number of nitrogens with zero attached hydrogens (tertiary/aromatic N) is 1. The van der Waals surface area contributed by atoms with Crippen LogP contribution in [0.15, 0.2) is 40.3 Å². The van der Waals surface area contributed by atoms with Gasteiger partial charge in [0.1, 0.15) is 5.82 Å². The van der Waals surface area contributed by atoms with Crippen LogP contribution in [0.5, 0.6) is 0 Å². The smallest absolute Gasteiger partial charge is 0.320 e. The zero-order valence-corrected chi connectivity index (χ0v) is 11.2. The van der Waals surface area contributed by atoms with Gasteiger partial charge in [0.25, 0.3) is 0 Å². The molecule has 0 radical (unpaired) electrons. The van der Waals surface area contributed by atoms with Gasteiger partial charge in [0.15, 0.2) is 0 Å². The highest BCUT2D eigenvalue weighted by atomic mass is 79.9. The molecule has 0 aliphatic rings. The Morgan fingerprint density at radius 1 is 1.47 bits per heavy atom. The molecular formula is C11H10BrN3OS. The van der Waals surface area contributed by atoms with Gasteiger partial charge >= 0.3 is 6.03 Å². The van der Waals surface area contributed by atoms with E-state index in [1.54, 1.807) is 29.7 Å². The number of amides is 2. The summed E-state index contributed by atoms with van der Waals surface area (Å²) in [5, 5.41) is 7.39. The first-order chi connectivity index (χ1) is 8.24. The van der Waals surface area contributed by atoms with Crippen LogP contribution in [0, 0.1) is 0 Å². The van der Waals surface area contributed by atoms with Gasteiger partial charge in [-0.25, -0.2) is 9.78 Å². The molecule has 0 fully saturated rings. The van der Waals surface area contributed by atoms with Gasteiger partial charge < -0.3 is 5.32 Å². The number of hydrogen-bond acceptors (Lipinski definition) is 3. The quantitative estimate of drug-likeness (QED) is 0.914. The van der Waals surface area contributed by atoms with Crippen molar-refractivity contribution in [2.45, 2.75) is 6.54 Å². The van der Waals surface area contributed by atoms with Gasteiger partial charge in [-0.05, 0) is 23.6 Å². The lowest BCUT2D eigenvalue weighted by Gasteiger charge is -2.05. The van der Waals surface area contributed by atoms with Gasteiger partial charge in [-0.15, -0.1) is 11.3 Å². The molecule has 2 rings (SSSR count). The third-order valence-corrected chi connectivity index (χ3v) is 3.34. The number of rotatable bonds is 3. The van der Waals surface area contributed by atoms with Gasteiger partial charge in [0.2, 0.25) is 0 Å². The van der Waals surface area contributed by atoms with Gasteiger partial charge in [0.05, 0.1) is 6.54 Å². The Kier molecular flexibility index (Phi) is 4.11. The molecule has 0 aliphatic carbocycles. The van der Waals surface area contributed by atoms with Crippen molar-refractivity contribution < 1.29 is 4.79 Å². The molecule has 2 N–H and O–H groups in total. The van der Waals surface area contributed by atoms with Crippen molar-refractivity contribution in [3.63, 3.8) is 0 Å². The number of halogens is 1. The number of nitrogens with one attached hydrogen (secondary N) is 2. The zero-order valence-electron chi connectivity index (χ0n) is 8.81. The monoisotopic (exact) mass is 311 g/mol. The fourth-order valence-electron chi connectivity index (χ4n) is 1.21. The van der Waals surface area contributed by atoms with Crippen molar-refractivity contribution in [1.29, 1.82) is 0 Å². The van der Waals surface area contributed by atoms with E-state index in [-0.39, 0.29) is 6.03 Å². The Labute approximate surface area is 111 Å². The van der Waals surface area contributed by atoms with Crippen LogP contribution in [0.1, 0.15) is 4.88 Å². The van der Waals surface area contributed by atoms with E-state index in [4.69, 9.17) is 0 Å². The molecule has 4 nitrogen and oxygen atoms in total. The second kappa shape index (κ2) is 5.79. The van der Waals surface area contributed by atoms with E-state index in [1.807, 2.05) is 17.5 Å². The van der Waals surface area contributed by atoms with Gasteiger partial charge in [0, 0.05) is 15.5 Å². The lowest BCUT2D eigenvalue weighted by molar-refractivity contribution is 0.252. The molecule has 0 spiro atoms. The number of carbonyl (C=O) groups is 1. The van der Waals surface area contributed by atoms with Crippen molar-refractivity contribution >= 4 is 39.1 Å². The van der Waals surface area contributed by atoms with Crippen LogP contribution in [0.25, 0.3) is 0 Å². The molecule has 0 aromatic carbocycles. The number of carbonyl (C=O) groups excluding carboxylic acids is 1. The van der Waals surface area contributed by atoms with Crippen molar-refractivity contribution in [3.8, 4) is 0 Å². The summed E-state index contributed by atoms with van der Waals surface area (Å²) in [5.41, 5.74) is 0. The van der Waals surface area contributed by atoms with Crippen molar-refractivity contribution in [3.05, 3.63) is 45.2 Å². The second-order valence-corrected chi connectivity index (χ2v) is 5.19. The van der Waals surface area contributed by atoms with E-state index in [1.165, 1.54) is 0 Å². The SMILES string of the molecule is O=C(NCc1cccs1)Nc1cc(Br)ccn1. The van der Waals surface area contributed by atoms with Crippen LogP contribution in [0.4, 0.5) is 10.6 Å². The molecule has 2 aromatic rings. The van der Waals surface area contributed by atoms with Crippen LogP contribution < -0.4 is 10.6 Å².